The first kappa shape index (κ1) is 10.6. The summed E-state index contributed by atoms with van der Waals surface area (Å²) in [5, 5.41) is 12.2. The van der Waals surface area contributed by atoms with E-state index in [9.17, 15) is 8.42 Å². The minimum Gasteiger partial charge on any atom is -0.235 e. The molecule has 8 heteroatoms. The van der Waals surface area contributed by atoms with Crippen LogP contribution in [0.25, 0.3) is 11.4 Å². The number of sulfonamides is 1. The van der Waals surface area contributed by atoms with Crippen LogP contribution in [0, 0.1) is 0 Å². The summed E-state index contributed by atoms with van der Waals surface area (Å²) < 4.78 is 21.9. The molecular formula is C8H7N5O2S. The van der Waals surface area contributed by atoms with Gasteiger partial charge in [-0.2, -0.15) is 10.2 Å². The molecule has 0 atom stereocenters. The Kier molecular flexibility index (Phi) is 2.59. The Hall–Kier alpha value is -1.93. The second-order valence-corrected chi connectivity index (χ2v) is 4.48. The SMILES string of the molecule is NS(=O)(=O)c1cnc(-c2ccnnc2)nc1. The Morgan fingerprint density at radius 1 is 1.06 bits per heavy atom. The summed E-state index contributed by atoms with van der Waals surface area (Å²) in [4.78, 5) is 7.63. The van der Waals surface area contributed by atoms with Gasteiger partial charge in [0.1, 0.15) is 4.90 Å². The van der Waals surface area contributed by atoms with Gasteiger partial charge in [-0.3, -0.25) is 0 Å². The van der Waals surface area contributed by atoms with Gasteiger partial charge in [-0.25, -0.2) is 23.5 Å². The van der Waals surface area contributed by atoms with E-state index in [1.54, 1.807) is 6.07 Å². The maximum atomic E-state index is 11.0. The lowest BCUT2D eigenvalue weighted by atomic mass is 10.3. The zero-order valence-electron chi connectivity index (χ0n) is 7.98. The summed E-state index contributed by atoms with van der Waals surface area (Å²) in [5.74, 6) is 0.363. The minimum atomic E-state index is -3.75. The van der Waals surface area contributed by atoms with Gasteiger partial charge in [0.05, 0.1) is 24.8 Å². The van der Waals surface area contributed by atoms with E-state index in [1.165, 1.54) is 12.4 Å². The smallest absolute Gasteiger partial charge is 0.235 e. The average molecular weight is 237 g/mol. The van der Waals surface area contributed by atoms with E-state index in [-0.39, 0.29) is 4.90 Å². The van der Waals surface area contributed by atoms with Crippen LogP contribution >= 0.6 is 0 Å². The number of primary sulfonamides is 1. The molecule has 82 valence electrons. The molecule has 0 saturated heterocycles. The summed E-state index contributed by atoms with van der Waals surface area (Å²) >= 11 is 0. The molecule has 0 aromatic carbocycles. The Balaban J connectivity index is 2.41. The molecule has 7 nitrogen and oxygen atoms in total. The highest BCUT2D eigenvalue weighted by Gasteiger charge is 2.09. The Morgan fingerprint density at radius 3 is 2.25 bits per heavy atom. The van der Waals surface area contributed by atoms with Gasteiger partial charge in [0.2, 0.25) is 10.0 Å². The molecule has 0 saturated carbocycles. The van der Waals surface area contributed by atoms with Crippen LogP contribution in [0.1, 0.15) is 0 Å². The van der Waals surface area contributed by atoms with Crippen molar-refractivity contribution in [2.45, 2.75) is 4.90 Å². The minimum absolute atomic E-state index is 0.127. The van der Waals surface area contributed by atoms with Crippen LogP contribution in [0.5, 0.6) is 0 Å². The third-order valence-electron chi connectivity index (χ3n) is 1.80. The predicted molar refractivity (Wildman–Crippen MR) is 54.4 cm³/mol. The number of nitrogens with two attached hydrogens (primary N) is 1. The third kappa shape index (κ3) is 2.18. The molecule has 0 aliphatic heterocycles. The third-order valence-corrected chi connectivity index (χ3v) is 2.67. The van der Waals surface area contributed by atoms with Gasteiger partial charge >= 0.3 is 0 Å². The lowest BCUT2D eigenvalue weighted by molar-refractivity contribution is 0.597. The standard InChI is InChI=1S/C8H7N5O2S/c9-16(14,15)7-4-10-8(11-5-7)6-1-2-12-13-3-6/h1-5H,(H2,9,14,15). The molecule has 0 radical (unpaired) electrons. The first-order valence-electron chi connectivity index (χ1n) is 4.19. The second-order valence-electron chi connectivity index (χ2n) is 2.92. The second kappa shape index (κ2) is 3.91. The zero-order chi connectivity index (χ0) is 11.6. The number of hydrogen-bond donors (Lipinski definition) is 1. The van der Waals surface area contributed by atoms with Crippen molar-refractivity contribution in [1.82, 2.24) is 20.2 Å². The summed E-state index contributed by atoms with van der Waals surface area (Å²) in [7, 11) is -3.75. The van der Waals surface area contributed by atoms with E-state index in [1.807, 2.05) is 0 Å². The van der Waals surface area contributed by atoms with Gasteiger partial charge < -0.3 is 0 Å². The van der Waals surface area contributed by atoms with Crippen molar-refractivity contribution < 1.29 is 8.42 Å². The molecule has 0 bridgehead atoms. The fourth-order valence-electron chi connectivity index (χ4n) is 1.04. The molecule has 2 rings (SSSR count). The van der Waals surface area contributed by atoms with E-state index >= 15 is 0 Å². The molecule has 0 fully saturated rings. The monoisotopic (exact) mass is 237 g/mol. The van der Waals surface area contributed by atoms with E-state index in [0.717, 1.165) is 12.4 Å². The predicted octanol–water partition coefficient (Wildman–Crippen LogP) is -0.419. The highest BCUT2D eigenvalue weighted by atomic mass is 32.2. The van der Waals surface area contributed by atoms with E-state index < -0.39 is 10.0 Å². The van der Waals surface area contributed by atoms with Crippen LogP contribution < -0.4 is 5.14 Å². The van der Waals surface area contributed by atoms with Crippen LogP contribution in [0.4, 0.5) is 0 Å². The highest BCUT2D eigenvalue weighted by molar-refractivity contribution is 7.89. The summed E-state index contributed by atoms with van der Waals surface area (Å²) in [6.07, 6.45) is 5.27. The quantitative estimate of drug-likeness (QED) is 0.759. The maximum Gasteiger partial charge on any atom is 0.241 e. The van der Waals surface area contributed by atoms with Crippen molar-refractivity contribution in [3.05, 3.63) is 30.9 Å². The maximum absolute atomic E-state index is 11.0. The van der Waals surface area contributed by atoms with Crippen molar-refractivity contribution in [1.29, 1.82) is 0 Å². The first-order valence-corrected chi connectivity index (χ1v) is 5.74. The van der Waals surface area contributed by atoms with Gasteiger partial charge in [-0.05, 0) is 6.07 Å². The Labute approximate surface area is 91.4 Å². The number of hydrogen-bond acceptors (Lipinski definition) is 6. The van der Waals surface area contributed by atoms with Gasteiger partial charge in [-0.1, -0.05) is 0 Å². The number of rotatable bonds is 2. The zero-order valence-corrected chi connectivity index (χ0v) is 8.79. The van der Waals surface area contributed by atoms with Gasteiger partial charge in [0.25, 0.3) is 0 Å². The van der Waals surface area contributed by atoms with Crippen LogP contribution in [-0.2, 0) is 10.0 Å². The molecule has 16 heavy (non-hydrogen) atoms. The van der Waals surface area contributed by atoms with Gasteiger partial charge in [0, 0.05) is 5.56 Å². The van der Waals surface area contributed by atoms with Crippen LogP contribution in [0.2, 0.25) is 0 Å². The molecule has 0 aliphatic carbocycles. The van der Waals surface area contributed by atoms with Crippen molar-refractivity contribution >= 4 is 10.0 Å². The first-order chi connectivity index (χ1) is 7.57. The molecular weight excluding hydrogens is 230 g/mol. The molecule has 2 aromatic heterocycles. The number of nitrogens with zero attached hydrogens (tertiary/aromatic N) is 4. The number of aromatic nitrogens is 4. The molecule has 0 amide bonds. The largest absolute Gasteiger partial charge is 0.241 e. The lowest BCUT2D eigenvalue weighted by Gasteiger charge is -1.99. The van der Waals surface area contributed by atoms with E-state index in [2.05, 4.69) is 20.2 Å². The van der Waals surface area contributed by atoms with Crippen molar-refractivity contribution in [2.75, 3.05) is 0 Å². The summed E-state index contributed by atoms with van der Waals surface area (Å²) in [5.41, 5.74) is 0.649. The molecule has 2 heterocycles. The van der Waals surface area contributed by atoms with Crippen LogP contribution in [-0.4, -0.2) is 28.6 Å². The topological polar surface area (TPSA) is 112 Å². The fourth-order valence-corrected chi connectivity index (χ4v) is 1.43. The van der Waals surface area contributed by atoms with Crippen molar-refractivity contribution in [3.8, 4) is 11.4 Å². The molecule has 2 aromatic rings. The van der Waals surface area contributed by atoms with Crippen molar-refractivity contribution in [2.24, 2.45) is 5.14 Å². The molecule has 0 spiro atoms. The molecule has 0 aliphatic rings. The highest BCUT2D eigenvalue weighted by Crippen LogP contribution is 2.12. The fraction of sp³-hybridized carbons (Fsp3) is 0. The summed E-state index contributed by atoms with van der Waals surface area (Å²) in [6.45, 7) is 0. The Morgan fingerprint density at radius 2 is 1.75 bits per heavy atom. The lowest BCUT2D eigenvalue weighted by Crippen LogP contribution is -2.12. The average Bonchev–Trinajstić information content (AvgIpc) is 2.29. The normalized spacial score (nSPS) is 11.3. The molecule has 0 unspecified atom stereocenters. The van der Waals surface area contributed by atoms with Crippen LogP contribution in [0.3, 0.4) is 0 Å². The van der Waals surface area contributed by atoms with Gasteiger partial charge in [-0.15, -0.1) is 0 Å². The van der Waals surface area contributed by atoms with Crippen LogP contribution in [0.15, 0.2) is 35.7 Å². The molecule has 2 N–H and O–H groups in total. The van der Waals surface area contributed by atoms with E-state index in [0.29, 0.717) is 11.4 Å². The summed E-state index contributed by atoms with van der Waals surface area (Å²) in [6, 6.07) is 1.67. The van der Waals surface area contributed by atoms with Gasteiger partial charge in [0.15, 0.2) is 5.82 Å². The Bertz CT molecular complexity index is 582. The van der Waals surface area contributed by atoms with Crippen molar-refractivity contribution in [3.63, 3.8) is 0 Å². The van der Waals surface area contributed by atoms with E-state index in [4.69, 9.17) is 5.14 Å².